The molecule has 35 heavy (non-hydrogen) atoms. The third-order valence-electron chi connectivity index (χ3n) is 3.14. The van der Waals surface area contributed by atoms with E-state index in [1.54, 1.807) is 0 Å². The molecule has 186 valence electrons. The molecule has 0 bridgehead atoms. The summed E-state index contributed by atoms with van der Waals surface area (Å²) in [4.78, 5) is 0. The second kappa shape index (κ2) is 18.8. The first-order chi connectivity index (χ1) is 13.8. The zero-order chi connectivity index (χ0) is 24.3. The predicted molar refractivity (Wildman–Crippen MR) is 84.3 cm³/mol. The first-order valence-electron chi connectivity index (χ1n) is 7.61. The average Bonchev–Trinajstić information content (AvgIpc) is 2.51. The molecular formula is C9H14Na4O18S4. The zero-order valence-electron chi connectivity index (χ0n) is 19.0. The van der Waals surface area contributed by atoms with Gasteiger partial charge in [0.15, 0.2) is 12.4 Å². The molecule has 5 atom stereocenters. The first-order valence-corrected chi connectivity index (χ1v) is 12.9. The Hall–Kier alpha value is 3.40. The van der Waals surface area contributed by atoms with Crippen LogP contribution in [0.3, 0.4) is 0 Å². The van der Waals surface area contributed by atoms with Crippen LogP contribution < -0.4 is 118 Å². The summed E-state index contributed by atoms with van der Waals surface area (Å²) < 4.78 is 157. The molecule has 0 aromatic heterocycles. The van der Waals surface area contributed by atoms with Gasteiger partial charge in [-0.15, -0.1) is 0 Å². The van der Waals surface area contributed by atoms with Crippen molar-refractivity contribution in [3.05, 3.63) is 0 Å². The van der Waals surface area contributed by atoms with Crippen molar-refractivity contribution in [1.29, 1.82) is 0 Å². The summed E-state index contributed by atoms with van der Waals surface area (Å²) in [6.07, 6.45) is -12.1. The van der Waals surface area contributed by atoms with Gasteiger partial charge >= 0.3 is 118 Å². The number of hydrogen-bond donors (Lipinski definition) is 0. The van der Waals surface area contributed by atoms with Gasteiger partial charge in [0, 0.05) is 6.61 Å². The Kier molecular flexibility index (Phi) is 24.3. The predicted octanol–water partition coefficient (Wildman–Crippen LogP) is -15.8. The summed E-state index contributed by atoms with van der Waals surface area (Å²) in [6.45, 7) is -0.244. The van der Waals surface area contributed by atoms with Crippen LogP contribution in [0.5, 0.6) is 0 Å². The molecule has 1 fully saturated rings. The maximum Gasteiger partial charge on any atom is 1.00 e. The van der Waals surface area contributed by atoms with Crippen LogP contribution in [0.25, 0.3) is 0 Å². The normalized spacial score (nSPS) is 25.2. The molecule has 26 heteroatoms. The van der Waals surface area contributed by atoms with Crippen LogP contribution in [0, 0.1) is 0 Å². The Morgan fingerprint density at radius 1 is 0.657 bits per heavy atom. The summed E-state index contributed by atoms with van der Waals surface area (Å²) >= 11 is 0. The minimum Gasteiger partial charge on any atom is -0.726 e. The molecule has 0 spiro atoms. The Bertz CT molecular complexity index is 1030. The quantitative estimate of drug-likeness (QED) is 0.110. The second-order valence-corrected chi connectivity index (χ2v) is 9.59. The minimum absolute atomic E-state index is 0. The van der Waals surface area contributed by atoms with Crippen molar-refractivity contribution < 1.29 is 196 Å². The summed E-state index contributed by atoms with van der Waals surface area (Å²) in [7, 11) is -22.9. The van der Waals surface area contributed by atoms with E-state index in [0.29, 0.717) is 0 Å². The molecule has 1 saturated heterocycles. The fourth-order valence-electron chi connectivity index (χ4n) is 2.27. The molecule has 18 nitrogen and oxygen atoms in total. The van der Waals surface area contributed by atoms with Gasteiger partial charge in [0.1, 0.15) is 18.3 Å². The topological polar surface area (TPSA) is 284 Å². The van der Waals surface area contributed by atoms with Gasteiger partial charge in [-0.25, -0.2) is 33.7 Å². The Labute approximate surface area is 290 Å². The van der Waals surface area contributed by atoms with Crippen molar-refractivity contribution in [3.63, 3.8) is 0 Å². The van der Waals surface area contributed by atoms with Gasteiger partial charge in [-0.05, 0) is 6.42 Å². The van der Waals surface area contributed by atoms with Crippen LogP contribution in [-0.2, 0) is 67.8 Å². The third kappa shape index (κ3) is 20.0. The van der Waals surface area contributed by atoms with Crippen LogP contribution in [0.15, 0.2) is 0 Å². The van der Waals surface area contributed by atoms with Crippen LogP contribution in [0.1, 0.15) is 13.3 Å². The standard InChI is InChI=1S/C9H18O18S4.4Na/c1-2-3-22-9-8(27-31(19,20)21)7(26-30(16,17)18)6(25-29(13,14)15)5(24-9)4-23-28(10,11)12;;;;/h5-9H,2-4H2,1H3,(H,10,11,12)(H,13,14,15)(H,16,17,18)(H,19,20,21);;;;/q;4*+1/p-4/t5-,6-,7+,8+,9-;;;;/m1..../s1. The molecule has 0 N–H and O–H groups in total. The van der Waals surface area contributed by atoms with E-state index in [4.69, 9.17) is 9.47 Å². The van der Waals surface area contributed by atoms with Crippen LogP contribution in [0.2, 0.25) is 0 Å². The molecule has 1 heterocycles. The SMILES string of the molecule is CCCO[C@@H]1O[C@H](COS(=O)(=O)[O-])[C@@H](OS(=O)(=O)[O-])[C@H](OS(=O)(=O)[O-])[C@@H]1OS(=O)(=O)[O-].[Na+].[Na+].[Na+].[Na+]. The van der Waals surface area contributed by atoms with E-state index in [2.05, 4.69) is 16.7 Å². The van der Waals surface area contributed by atoms with E-state index in [-0.39, 0.29) is 131 Å². The molecule has 1 aliphatic heterocycles. The maximum absolute atomic E-state index is 11.1. The largest absolute Gasteiger partial charge is 1.00 e. The molecule has 0 unspecified atom stereocenters. The number of ether oxygens (including phenoxy) is 2. The van der Waals surface area contributed by atoms with Gasteiger partial charge in [0.25, 0.3) is 0 Å². The number of rotatable bonds is 12. The van der Waals surface area contributed by atoms with Crippen LogP contribution in [-0.4, -0.2) is 95.8 Å². The van der Waals surface area contributed by atoms with Crippen LogP contribution in [0.4, 0.5) is 0 Å². The van der Waals surface area contributed by atoms with Crippen molar-refractivity contribution in [2.24, 2.45) is 0 Å². The Morgan fingerprint density at radius 2 is 1.06 bits per heavy atom. The van der Waals surface area contributed by atoms with Crippen molar-refractivity contribution in [3.8, 4) is 0 Å². The second-order valence-electron chi connectivity index (χ2n) is 5.51. The van der Waals surface area contributed by atoms with Crippen molar-refractivity contribution in [2.75, 3.05) is 13.2 Å². The molecule has 0 saturated carbocycles. The first kappa shape index (κ1) is 45.4. The van der Waals surface area contributed by atoms with Gasteiger partial charge < -0.3 is 27.7 Å². The summed E-state index contributed by atoms with van der Waals surface area (Å²) in [5.74, 6) is 0. The van der Waals surface area contributed by atoms with E-state index in [1.165, 1.54) is 6.92 Å². The Balaban J connectivity index is -0.00000120. The van der Waals surface area contributed by atoms with Gasteiger partial charge in [-0.1, -0.05) is 6.92 Å². The molecule has 0 radical (unpaired) electrons. The molecule has 0 aliphatic carbocycles. The fourth-order valence-corrected chi connectivity index (χ4v) is 4.04. The van der Waals surface area contributed by atoms with E-state index in [0.717, 1.165) is 0 Å². The minimum atomic E-state index is -5.85. The van der Waals surface area contributed by atoms with Gasteiger partial charge in [-0.2, -0.15) is 0 Å². The van der Waals surface area contributed by atoms with Gasteiger partial charge in [0.2, 0.25) is 41.6 Å². The van der Waals surface area contributed by atoms with E-state index >= 15 is 0 Å². The molecule has 0 amide bonds. The summed E-state index contributed by atoms with van der Waals surface area (Å²) in [5.41, 5.74) is 0. The van der Waals surface area contributed by atoms with E-state index in [9.17, 15) is 51.9 Å². The van der Waals surface area contributed by atoms with Crippen LogP contribution >= 0.6 is 0 Å². The third-order valence-corrected chi connectivity index (χ3v) is 4.94. The molecule has 0 aromatic rings. The smallest absolute Gasteiger partial charge is 0.726 e. The van der Waals surface area contributed by atoms with Gasteiger partial charge in [-0.3, -0.25) is 16.7 Å². The number of hydrogen-bond acceptors (Lipinski definition) is 18. The fraction of sp³-hybridized carbons (Fsp3) is 1.00. The Morgan fingerprint density at radius 3 is 1.43 bits per heavy atom. The monoisotopic (exact) mass is 630 g/mol. The zero-order valence-corrected chi connectivity index (χ0v) is 30.3. The molecule has 1 aliphatic rings. The molecule has 0 aromatic carbocycles. The molecule has 1 rings (SSSR count). The van der Waals surface area contributed by atoms with Crippen molar-refractivity contribution in [2.45, 2.75) is 44.1 Å². The van der Waals surface area contributed by atoms with Crippen molar-refractivity contribution >= 4 is 41.6 Å². The summed E-state index contributed by atoms with van der Waals surface area (Å²) in [5, 5.41) is 0. The van der Waals surface area contributed by atoms with E-state index < -0.39 is 78.9 Å². The average molecular weight is 630 g/mol. The van der Waals surface area contributed by atoms with E-state index in [1.807, 2.05) is 0 Å². The van der Waals surface area contributed by atoms with Crippen molar-refractivity contribution in [1.82, 2.24) is 0 Å². The van der Waals surface area contributed by atoms with Gasteiger partial charge in [0.05, 0.1) is 6.61 Å². The maximum atomic E-state index is 11.1. The summed E-state index contributed by atoms with van der Waals surface area (Å²) in [6, 6.07) is 0. The molecular weight excluding hydrogens is 616 g/mol.